The number of nitrogens with zero attached hydrogens (tertiary/aromatic N) is 2. The van der Waals surface area contributed by atoms with E-state index in [9.17, 15) is 0 Å². The summed E-state index contributed by atoms with van der Waals surface area (Å²) in [6.45, 7) is 13.8. The Bertz CT molecular complexity index is 2920. The molecule has 0 unspecified atom stereocenters. The Hall–Kier alpha value is -5.34. The Labute approximate surface area is 401 Å². The summed E-state index contributed by atoms with van der Waals surface area (Å²) >= 11 is 0. The van der Waals surface area contributed by atoms with Crippen molar-refractivity contribution >= 4 is 55.7 Å². The zero-order valence-electron chi connectivity index (χ0n) is 41.3. The lowest BCUT2D eigenvalue weighted by Crippen LogP contribution is -2.48. The van der Waals surface area contributed by atoms with E-state index < -0.39 is 0 Å². The molecular weight excluding hydrogens is 809 g/mol. The largest absolute Gasteiger partial charge is 0.309 e. The van der Waals surface area contributed by atoms with Crippen molar-refractivity contribution in [3.05, 3.63) is 167 Å². The molecule has 67 heavy (non-hydrogen) atoms. The molecule has 13 rings (SSSR count). The van der Waals surface area contributed by atoms with Gasteiger partial charge in [0.05, 0.1) is 11.4 Å². The first-order valence-corrected chi connectivity index (χ1v) is 26.5. The smallest absolute Gasteiger partial charge is 0.0620 e. The molecule has 0 N–H and O–H groups in total. The fourth-order valence-corrected chi connectivity index (χ4v) is 15.2. The summed E-state index contributed by atoms with van der Waals surface area (Å²) in [5.41, 5.74) is 16.5. The molecule has 2 heteroatoms. The molecule has 342 valence electrons. The molecule has 0 amide bonds. The Morgan fingerprint density at radius 1 is 0.418 bits per heavy atom. The molecule has 0 heterocycles. The van der Waals surface area contributed by atoms with Crippen molar-refractivity contribution in [1.29, 1.82) is 0 Å². The second-order valence-corrected chi connectivity index (χ2v) is 23.4. The van der Waals surface area contributed by atoms with Crippen molar-refractivity contribution in [1.82, 2.24) is 0 Å². The topological polar surface area (TPSA) is 6.48 Å². The van der Waals surface area contributed by atoms with Gasteiger partial charge in [-0.15, -0.1) is 0 Å². The second kappa shape index (κ2) is 16.7. The summed E-state index contributed by atoms with van der Waals surface area (Å²) in [4.78, 5) is 5.30. The van der Waals surface area contributed by atoms with Crippen LogP contribution in [0.15, 0.2) is 133 Å². The molecule has 0 aromatic heterocycles. The van der Waals surface area contributed by atoms with Gasteiger partial charge < -0.3 is 9.80 Å². The SMILES string of the molecule is Cc1cccc(N(c2ccc(C(C)C)cc2)c2c3ccc(C45CC6CC(CC(C6)C4)C5)cc3c(N(c3ccc(C(C)C)cc3)c3cccc(C)c3)c3ccc(C45CCCC(CCC4)C5)cc23)c1. The summed E-state index contributed by atoms with van der Waals surface area (Å²) in [5, 5.41) is 5.39. The van der Waals surface area contributed by atoms with E-state index in [0.29, 0.717) is 11.8 Å². The maximum atomic E-state index is 2.74. The number of anilines is 6. The van der Waals surface area contributed by atoms with Crippen LogP contribution in [-0.4, -0.2) is 0 Å². The second-order valence-electron chi connectivity index (χ2n) is 23.4. The molecular formula is C65H72N2. The highest BCUT2D eigenvalue weighted by Crippen LogP contribution is 2.62. The van der Waals surface area contributed by atoms with Crippen molar-refractivity contribution < 1.29 is 0 Å². The molecule has 7 aromatic carbocycles. The van der Waals surface area contributed by atoms with Crippen LogP contribution in [0, 0.1) is 37.5 Å². The van der Waals surface area contributed by atoms with Gasteiger partial charge in [-0.05, 0) is 212 Å². The van der Waals surface area contributed by atoms with E-state index in [1.165, 1.54) is 161 Å². The van der Waals surface area contributed by atoms with E-state index >= 15 is 0 Å². The third-order valence-electron chi connectivity index (χ3n) is 18.1. The van der Waals surface area contributed by atoms with Crippen molar-refractivity contribution in [3.8, 4) is 0 Å². The lowest BCUT2D eigenvalue weighted by molar-refractivity contribution is -0.00512. The fraction of sp³-hybridized carbons (Fsp3) is 0.415. The van der Waals surface area contributed by atoms with Crippen molar-refractivity contribution in [3.63, 3.8) is 0 Å². The molecule has 0 atom stereocenters. The van der Waals surface area contributed by atoms with E-state index in [-0.39, 0.29) is 10.8 Å². The number of fused-ring (bicyclic) bond motifs is 4. The lowest BCUT2D eigenvalue weighted by atomic mass is 9.48. The first kappa shape index (κ1) is 43.0. The third kappa shape index (κ3) is 7.51. The van der Waals surface area contributed by atoms with Gasteiger partial charge in [0.25, 0.3) is 0 Å². The number of rotatable bonds is 10. The molecule has 0 radical (unpaired) electrons. The molecule has 2 nitrogen and oxygen atoms in total. The average Bonchev–Trinajstić information content (AvgIpc) is 3.32. The number of aryl methyl sites for hydroxylation is 2. The predicted molar refractivity (Wildman–Crippen MR) is 286 cm³/mol. The molecule has 0 saturated heterocycles. The summed E-state index contributed by atoms with van der Waals surface area (Å²) in [6, 6.07) is 53.6. The molecule has 6 aliphatic rings. The number of benzene rings is 7. The van der Waals surface area contributed by atoms with Gasteiger partial charge in [-0.3, -0.25) is 0 Å². The summed E-state index contributed by atoms with van der Waals surface area (Å²) in [5.74, 6) is 4.40. The molecule has 6 fully saturated rings. The number of hydrogen-bond acceptors (Lipinski definition) is 2. The minimum Gasteiger partial charge on any atom is -0.309 e. The Kier molecular flexibility index (Phi) is 10.7. The van der Waals surface area contributed by atoms with Gasteiger partial charge in [-0.1, -0.05) is 126 Å². The Balaban J connectivity index is 1.21. The summed E-state index contributed by atoms with van der Waals surface area (Å²) in [6.07, 6.45) is 17.8. The fourth-order valence-electron chi connectivity index (χ4n) is 15.2. The molecule has 6 aliphatic carbocycles. The third-order valence-corrected chi connectivity index (χ3v) is 18.1. The number of hydrogen-bond donors (Lipinski definition) is 0. The van der Waals surface area contributed by atoms with Gasteiger partial charge in [0.1, 0.15) is 0 Å². The first-order valence-electron chi connectivity index (χ1n) is 26.5. The normalized spacial score (nSPS) is 25.4. The summed E-state index contributed by atoms with van der Waals surface area (Å²) in [7, 11) is 0. The van der Waals surface area contributed by atoms with Crippen LogP contribution in [0.3, 0.4) is 0 Å². The van der Waals surface area contributed by atoms with Crippen LogP contribution in [0.5, 0.6) is 0 Å². The van der Waals surface area contributed by atoms with Crippen LogP contribution in [0.2, 0.25) is 0 Å². The van der Waals surface area contributed by atoms with E-state index in [2.05, 4.69) is 185 Å². The van der Waals surface area contributed by atoms with Crippen LogP contribution < -0.4 is 9.80 Å². The molecule has 0 spiro atoms. The molecule has 6 saturated carbocycles. The highest BCUT2D eigenvalue weighted by Gasteiger charge is 2.52. The lowest BCUT2D eigenvalue weighted by Gasteiger charge is -2.57. The van der Waals surface area contributed by atoms with Gasteiger partial charge in [0.15, 0.2) is 0 Å². The predicted octanol–water partition coefficient (Wildman–Crippen LogP) is 18.9. The van der Waals surface area contributed by atoms with Gasteiger partial charge in [-0.25, -0.2) is 0 Å². The minimum atomic E-state index is 0.236. The maximum absolute atomic E-state index is 2.74. The molecule has 7 aromatic rings. The highest BCUT2D eigenvalue weighted by molar-refractivity contribution is 6.23. The highest BCUT2D eigenvalue weighted by atomic mass is 15.2. The van der Waals surface area contributed by atoms with Gasteiger partial charge in [0, 0.05) is 44.3 Å². The van der Waals surface area contributed by atoms with E-state index in [1.807, 2.05) is 0 Å². The van der Waals surface area contributed by atoms with Crippen LogP contribution >= 0.6 is 0 Å². The maximum Gasteiger partial charge on any atom is 0.0620 e. The van der Waals surface area contributed by atoms with Crippen LogP contribution in [-0.2, 0) is 10.8 Å². The van der Waals surface area contributed by atoms with Gasteiger partial charge >= 0.3 is 0 Å². The van der Waals surface area contributed by atoms with Crippen LogP contribution in [0.25, 0.3) is 21.5 Å². The molecule has 0 aliphatic heterocycles. The average molecular weight is 881 g/mol. The van der Waals surface area contributed by atoms with Crippen LogP contribution in [0.1, 0.15) is 156 Å². The quantitative estimate of drug-likeness (QED) is 0.0998. The monoisotopic (exact) mass is 881 g/mol. The van der Waals surface area contributed by atoms with E-state index in [0.717, 1.165) is 23.7 Å². The zero-order chi connectivity index (χ0) is 45.6. The van der Waals surface area contributed by atoms with Crippen LogP contribution in [0.4, 0.5) is 34.1 Å². The zero-order valence-corrected chi connectivity index (χ0v) is 41.3. The minimum absolute atomic E-state index is 0.236. The molecule has 6 bridgehead atoms. The Morgan fingerprint density at radius 3 is 1.25 bits per heavy atom. The van der Waals surface area contributed by atoms with Crippen molar-refractivity contribution in [2.24, 2.45) is 23.7 Å². The summed E-state index contributed by atoms with van der Waals surface area (Å²) < 4.78 is 0. The van der Waals surface area contributed by atoms with Crippen molar-refractivity contribution in [2.45, 2.75) is 148 Å². The standard InChI is InChI=1S/C65H72N2/c1-42(2)50-17-23-54(24-18-50)66(56-15-7-11-44(5)31-56)62-59-28-22-53(65-39-47-33-48(40-65)35-49(34-47)41-65)37-61(59)63(58-27-21-52(36-60(58)62)64-29-9-13-46(38-64)14-10-30-64)67(57-16-8-12-45(6)32-57)55-25-19-51(20-26-55)43(3)4/h7-8,11-12,15-28,31-32,36-37,42-43,46-49H,9-10,13-14,29-30,33-35,38-41H2,1-6H3. The van der Waals surface area contributed by atoms with E-state index in [1.54, 1.807) is 11.1 Å². The van der Waals surface area contributed by atoms with Crippen molar-refractivity contribution in [2.75, 3.05) is 9.80 Å². The van der Waals surface area contributed by atoms with E-state index in [4.69, 9.17) is 0 Å². The first-order chi connectivity index (χ1) is 32.5. The van der Waals surface area contributed by atoms with Gasteiger partial charge in [0.2, 0.25) is 0 Å². The Morgan fingerprint density at radius 2 is 0.836 bits per heavy atom. The van der Waals surface area contributed by atoms with Gasteiger partial charge in [-0.2, -0.15) is 0 Å².